The maximum atomic E-state index is 13.1. The molecule has 2 atom stereocenters. The van der Waals surface area contributed by atoms with E-state index >= 15 is 0 Å². The zero-order valence-corrected chi connectivity index (χ0v) is 12.6. The minimum absolute atomic E-state index is 0.0942. The van der Waals surface area contributed by atoms with E-state index in [-0.39, 0.29) is 24.4 Å². The zero-order chi connectivity index (χ0) is 15.4. The smallest absolute Gasteiger partial charge is 0.317 e. The van der Waals surface area contributed by atoms with Gasteiger partial charge in [-0.2, -0.15) is 0 Å². The molecule has 1 saturated carbocycles. The number of nitrogens with zero attached hydrogens (tertiary/aromatic N) is 1. The largest absolute Gasteiger partial charge is 0.392 e. The van der Waals surface area contributed by atoms with Crippen LogP contribution < -0.4 is 5.32 Å². The van der Waals surface area contributed by atoms with Gasteiger partial charge in [-0.3, -0.25) is 0 Å². The molecule has 4 nitrogen and oxygen atoms in total. The number of aliphatic hydroxyl groups is 1. The molecule has 0 aromatic heterocycles. The number of aliphatic hydroxyl groups excluding tert-OH is 1. The lowest BCUT2D eigenvalue weighted by molar-refractivity contribution is 0.137. The van der Waals surface area contributed by atoms with Crippen LogP contribution in [0.4, 0.5) is 9.18 Å². The average Bonchev–Trinajstić information content (AvgIpc) is 2.35. The fraction of sp³-hybridized carbons (Fsp3) is 0.562. The van der Waals surface area contributed by atoms with Crippen molar-refractivity contribution >= 4 is 6.03 Å². The Morgan fingerprint density at radius 2 is 2.05 bits per heavy atom. The van der Waals surface area contributed by atoms with Gasteiger partial charge in [0.2, 0.25) is 0 Å². The quantitative estimate of drug-likeness (QED) is 0.877. The summed E-state index contributed by atoms with van der Waals surface area (Å²) in [5, 5.41) is 12.4. The number of amides is 2. The average molecular weight is 294 g/mol. The van der Waals surface area contributed by atoms with Crippen LogP contribution >= 0.6 is 0 Å². The van der Waals surface area contributed by atoms with E-state index in [9.17, 15) is 14.3 Å². The molecule has 2 unspecified atom stereocenters. The Morgan fingerprint density at radius 3 is 2.52 bits per heavy atom. The maximum Gasteiger partial charge on any atom is 0.317 e. The molecule has 2 N–H and O–H groups in total. The van der Waals surface area contributed by atoms with E-state index in [1.165, 1.54) is 23.5 Å². The number of rotatable bonds is 5. The number of urea groups is 1. The molecule has 0 aliphatic heterocycles. The van der Waals surface area contributed by atoms with Crippen molar-refractivity contribution in [3.8, 4) is 0 Å². The molecular weight excluding hydrogens is 271 g/mol. The Kier molecular flexibility index (Phi) is 5.17. The molecule has 0 heterocycles. The molecule has 0 saturated heterocycles. The molecule has 1 aromatic rings. The van der Waals surface area contributed by atoms with Gasteiger partial charge in [-0.15, -0.1) is 0 Å². The molecule has 0 bridgehead atoms. The molecule has 2 rings (SSSR count). The second-order valence-corrected chi connectivity index (χ2v) is 5.90. The first-order valence-corrected chi connectivity index (χ1v) is 7.42. The summed E-state index contributed by atoms with van der Waals surface area (Å²) in [4.78, 5) is 13.7. The van der Waals surface area contributed by atoms with Crippen LogP contribution in [0.25, 0.3) is 0 Å². The molecule has 1 aromatic carbocycles. The van der Waals surface area contributed by atoms with Gasteiger partial charge in [0.15, 0.2) is 0 Å². The predicted octanol–water partition coefficient (Wildman–Crippen LogP) is 2.69. The Morgan fingerprint density at radius 1 is 1.43 bits per heavy atom. The molecule has 1 fully saturated rings. The normalized spacial score (nSPS) is 17.7. The molecule has 1 aliphatic carbocycles. The lowest BCUT2D eigenvalue weighted by Crippen LogP contribution is -2.44. The molecule has 0 spiro atoms. The third kappa shape index (κ3) is 4.17. The lowest BCUT2D eigenvalue weighted by atomic mass is 9.77. The van der Waals surface area contributed by atoms with Crippen LogP contribution in [-0.2, 0) is 0 Å². The Bertz CT molecular complexity index is 472. The van der Waals surface area contributed by atoms with Crippen LogP contribution in [0.3, 0.4) is 0 Å². The van der Waals surface area contributed by atoms with Gasteiger partial charge in [0.05, 0.1) is 12.1 Å². The fourth-order valence-corrected chi connectivity index (χ4v) is 2.64. The van der Waals surface area contributed by atoms with E-state index in [0.717, 1.165) is 18.4 Å². The summed E-state index contributed by atoms with van der Waals surface area (Å²) in [5.74, 6) is 0.128. The minimum atomic E-state index is -0.561. The van der Waals surface area contributed by atoms with Crippen molar-refractivity contribution in [3.05, 3.63) is 35.6 Å². The summed E-state index contributed by atoms with van der Waals surface area (Å²) in [6.45, 7) is 1.93. The SMILES string of the molecule is CC(O)CN(C)C(=O)NC(c1ccc(F)cc1)C1CCC1. The van der Waals surface area contributed by atoms with Gasteiger partial charge in [-0.25, -0.2) is 9.18 Å². The van der Waals surface area contributed by atoms with Crippen molar-refractivity contribution in [1.82, 2.24) is 10.2 Å². The van der Waals surface area contributed by atoms with Gasteiger partial charge in [0.1, 0.15) is 5.82 Å². The van der Waals surface area contributed by atoms with E-state index in [1.54, 1.807) is 26.1 Å². The van der Waals surface area contributed by atoms with Crippen LogP contribution in [0.15, 0.2) is 24.3 Å². The van der Waals surface area contributed by atoms with Crippen molar-refractivity contribution < 1.29 is 14.3 Å². The number of nitrogens with one attached hydrogen (secondary N) is 1. The highest BCUT2D eigenvalue weighted by Crippen LogP contribution is 2.37. The summed E-state index contributed by atoms with van der Waals surface area (Å²) in [5.41, 5.74) is 0.930. The molecule has 2 amide bonds. The molecular formula is C16H23FN2O2. The number of carbonyl (C=O) groups is 1. The molecule has 116 valence electrons. The van der Waals surface area contributed by atoms with E-state index in [4.69, 9.17) is 0 Å². The standard InChI is InChI=1S/C16H23FN2O2/c1-11(20)10-19(2)16(21)18-15(12-4-3-5-12)13-6-8-14(17)9-7-13/h6-9,11-12,15,20H,3-5,10H2,1-2H3,(H,18,21). The third-order valence-corrected chi connectivity index (χ3v) is 4.01. The molecule has 5 heteroatoms. The van der Waals surface area contributed by atoms with Crippen molar-refractivity contribution in [2.24, 2.45) is 5.92 Å². The van der Waals surface area contributed by atoms with Crippen molar-refractivity contribution in [2.75, 3.05) is 13.6 Å². The van der Waals surface area contributed by atoms with Crippen molar-refractivity contribution in [2.45, 2.75) is 38.3 Å². The van der Waals surface area contributed by atoms with E-state index in [1.807, 2.05) is 0 Å². The second-order valence-electron chi connectivity index (χ2n) is 5.90. The Labute approximate surface area is 125 Å². The van der Waals surface area contributed by atoms with Crippen LogP contribution in [0.5, 0.6) is 0 Å². The van der Waals surface area contributed by atoms with Crippen molar-refractivity contribution in [1.29, 1.82) is 0 Å². The van der Waals surface area contributed by atoms with Crippen LogP contribution in [0, 0.1) is 11.7 Å². The molecule has 21 heavy (non-hydrogen) atoms. The number of hydrogen-bond acceptors (Lipinski definition) is 2. The topological polar surface area (TPSA) is 52.6 Å². The van der Waals surface area contributed by atoms with Gasteiger partial charge in [-0.05, 0) is 43.4 Å². The lowest BCUT2D eigenvalue weighted by Gasteiger charge is -2.35. The number of benzene rings is 1. The van der Waals surface area contributed by atoms with Crippen LogP contribution in [0.2, 0.25) is 0 Å². The minimum Gasteiger partial charge on any atom is -0.392 e. The summed E-state index contributed by atoms with van der Waals surface area (Å²) in [7, 11) is 1.66. The number of hydrogen-bond donors (Lipinski definition) is 2. The summed E-state index contributed by atoms with van der Waals surface area (Å²) < 4.78 is 13.1. The van der Waals surface area contributed by atoms with Crippen molar-refractivity contribution in [3.63, 3.8) is 0 Å². The number of halogens is 1. The Balaban J connectivity index is 2.06. The molecule has 0 radical (unpaired) electrons. The number of carbonyl (C=O) groups excluding carboxylic acids is 1. The van der Waals surface area contributed by atoms with Gasteiger partial charge >= 0.3 is 6.03 Å². The van der Waals surface area contributed by atoms with Gasteiger partial charge in [0.25, 0.3) is 0 Å². The summed E-state index contributed by atoms with van der Waals surface area (Å²) >= 11 is 0. The first-order valence-electron chi connectivity index (χ1n) is 7.42. The van der Waals surface area contributed by atoms with Gasteiger partial charge < -0.3 is 15.3 Å². The fourth-order valence-electron chi connectivity index (χ4n) is 2.64. The predicted molar refractivity (Wildman–Crippen MR) is 79.3 cm³/mol. The van der Waals surface area contributed by atoms with E-state index in [2.05, 4.69) is 5.32 Å². The highest BCUT2D eigenvalue weighted by atomic mass is 19.1. The molecule has 1 aliphatic rings. The van der Waals surface area contributed by atoms with E-state index < -0.39 is 6.10 Å². The monoisotopic (exact) mass is 294 g/mol. The summed E-state index contributed by atoms with van der Waals surface area (Å²) in [6.07, 6.45) is 2.75. The van der Waals surface area contributed by atoms with Gasteiger partial charge in [-0.1, -0.05) is 18.6 Å². The Hall–Kier alpha value is -1.62. The van der Waals surface area contributed by atoms with Gasteiger partial charge in [0, 0.05) is 13.6 Å². The van der Waals surface area contributed by atoms with E-state index in [0.29, 0.717) is 5.92 Å². The maximum absolute atomic E-state index is 13.1. The first kappa shape index (κ1) is 15.8. The highest BCUT2D eigenvalue weighted by molar-refractivity contribution is 5.74. The first-order chi connectivity index (χ1) is 9.97. The second kappa shape index (κ2) is 6.89. The summed E-state index contributed by atoms with van der Waals surface area (Å²) in [6, 6.07) is 6.00. The van der Waals surface area contributed by atoms with Crippen LogP contribution in [-0.4, -0.2) is 35.7 Å². The highest BCUT2D eigenvalue weighted by Gasteiger charge is 2.30. The third-order valence-electron chi connectivity index (χ3n) is 4.01. The van der Waals surface area contributed by atoms with Crippen LogP contribution in [0.1, 0.15) is 37.8 Å². The number of likely N-dealkylation sites (N-methyl/N-ethyl adjacent to an activating group) is 1. The zero-order valence-electron chi connectivity index (χ0n) is 12.6.